The molecule has 3 heteroatoms. The quantitative estimate of drug-likeness (QED) is 0.846. The van der Waals surface area contributed by atoms with Crippen molar-refractivity contribution in [1.82, 2.24) is 10.3 Å². The number of pyridine rings is 1. The van der Waals surface area contributed by atoms with Gasteiger partial charge in [-0.2, -0.15) is 0 Å². The standard InChI is InChI=1S/C13H20N2O/c1-11-6-12(8-14-7-11)9-15-13(2)4-3-5-16-10-13/h6-8,15H,3-5,9-10H2,1-2H3. The molecule has 1 atom stereocenters. The number of aromatic nitrogens is 1. The molecule has 1 fully saturated rings. The third-order valence-electron chi connectivity index (χ3n) is 3.09. The highest BCUT2D eigenvalue weighted by molar-refractivity contribution is 5.16. The number of aryl methyl sites for hydroxylation is 1. The first-order valence-electron chi connectivity index (χ1n) is 5.91. The summed E-state index contributed by atoms with van der Waals surface area (Å²) in [6.45, 7) is 6.89. The summed E-state index contributed by atoms with van der Waals surface area (Å²) in [7, 11) is 0. The maximum absolute atomic E-state index is 5.52. The zero-order chi connectivity index (χ0) is 11.4. The van der Waals surface area contributed by atoms with E-state index in [0.717, 1.165) is 26.2 Å². The number of nitrogens with one attached hydrogen (secondary N) is 1. The smallest absolute Gasteiger partial charge is 0.0645 e. The summed E-state index contributed by atoms with van der Waals surface area (Å²) in [5, 5.41) is 3.58. The summed E-state index contributed by atoms with van der Waals surface area (Å²) in [4.78, 5) is 4.20. The Morgan fingerprint density at radius 1 is 1.50 bits per heavy atom. The third kappa shape index (κ3) is 3.03. The summed E-state index contributed by atoms with van der Waals surface area (Å²) in [6, 6.07) is 2.17. The second-order valence-corrected chi connectivity index (χ2v) is 4.94. The third-order valence-corrected chi connectivity index (χ3v) is 3.09. The molecule has 1 N–H and O–H groups in total. The van der Waals surface area contributed by atoms with Gasteiger partial charge in [0.2, 0.25) is 0 Å². The van der Waals surface area contributed by atoms with Gasteiger partial charge in [-0.1, -0.05) is 6.07 Å². The van der Waals surface area contributed by atoms with Crippen molar-refractivity contribution in [2.24, 2.45) is 0 Å². The van der Waals surface area contributed by atoms with Crippen LogP contribution in [0.25, 0.3) is 0 Å². The molecule has 16 heavy (non-hydrogen) atoms. The zero-order valence-corrected chi connectivity index (χ0v) is 10.1. The highest BCUT2D eigenvalue weighted by Gasteiger charge is 2.26. The van der Waals surface area contributed by atoms with E-state index in [4.69, 9.17) is 4.74 Å². The highest BCUT2D eigenvalue weighted by atomic mass is 16.5. The first kappa shape index (κ1) is 11.6. The number of nitrogens with zero attached hydrogens (tertiary/aromatic N) is 1. The fourth-order valence-electron chi connectivity index (χ4n) is 2.10. The topological polar surface area (TPSA) is 34.2 Å². The molecule has 2 rings (SSSR count). The van der Waals surface area contributed by atoms with Crippen molar-refractivity contribution in [3.63, 3.8) is 0 Å². The summed E-state index contributed by atoms with van der Waals surface area (Å²) >= 11 is 0. The van der Waals surface area contributed by atoms with Crippen LogP contribution in [0.15, 0.2) is 18.5 Å². The van der Waals surface area contributed by atoms with Crippen LogP contribution in [0.4, 0.5) is 0 Å². The molecule has 0 aliphatic carbocycles. The maximum Gasteiger partial charge on any atom is 0.0645 e. The van der Waals surface area contributed by atoms with Crippen LogP contribution in [-0.4, -0.2) is 23.7 Å². The fraction of sp³-hybridized carbons (Fsp3) is 0.615. The molecule has 3 nitrogen and oxygen atoms in total. The average Bonchev–Trinajstić information content (AvgIpc) is 2.28. The predicted molar refractivity (Wildman–Crippen MR) is 64.3 cm³/mol. The molecule has 0 spiro atoms. The Hall–Kier alpha value is -0.930. The molecule has 88 valence electrons. The van der Waals surface area contributed by atoms with Gasteiger partial charge in [0, 0.05) is 31.1 Å². The van der Waals surface area contributed by atoms with Gasteiger partial charge in [-0.15, -0.1) is 0 Å². The van der Waals surface area contributed by atoms with Crippen molar-refractivity contribution in [1.29, 1.82) is 0 Å². The van der Waals surface area contributed by atoms with E-state index in [0.29, 0.717) is 0 Å². The van der Waals surface area contributed by atoms with E-state index < -0.39 is 0 Å². The lowest BCUT2D eigenvalue weighted by molar-refractivity contribution is 0.0278. The molecular weight excluding hydrogens is 200 g/mol. The van der Waals surface area contributed by atoms with Crippen molar-refractivity contribution in [2.75, 3.05) is 13.2 Å². The van der Waals surface area contributed by atoms with Crippen LogP contribution < -0.4 is 5.32 Å². The normalized spacial score (nSPS) is 25.6. The molecule has 2 heterocycles. The Kier molecular flexibility index (Phi) is 3.56. The van der Waals surface area contributed by atoms with Crippen LogP contribution in [0.3, 0.4) is 0 Å². The molecule has 1 aliphatic heterocycles. The van der Waals surface area contributed by atoms with Crippen molar-refractivity contribution in [3.05, 3.63) is 29.6 Å². The molecule has 1 unspecified atom stereocenters. The van der Waals surface area contributed by atoms with E-state index in [9.17, 15) is 0 Å². The lowest BCUT2D eigenvalue weighted by atomic mass is 9.94. The van der Waals surface area contributed by atoms with Gasteiger partial charge >= 0.3 is 0 Å². The van der Waals surface area contributed by atoms with E-state index in [1.807, 2.05) is 12.4 Å². The molecule has 0 saturated carbocycles. The van der Waals surface area contributed by atoms with Crippen molar-refractivity contribution >= 4 is 0 Å². The lowest BCUT2D eigenvalue weighted by Gasteiger charge is -2.34. The van der Waals surface area contributed by atoms with Gasteiger partial charge in [0.1, 0.15) is 0 Å². The lowest BCUT2D eigenvalue weighted by Crippen LogP contribution is -2.48. The molecule has 0 aromatic carbocycles. The van der Waals surface area contributed by atoms with E-state index in [1.165, 1.54) is 17.5 Å². The van der Waals surface area contributed by atoms with Gasteiger partial charge < -0.3 is 10.1 Å². The van der Waals surface area contributed by atoms with Crippen LogP contribution >= 0.6 is 0 Å². The molecule has 0 bridgehead atoms. The average molecular weight is 220 g/mol. The van der Waals surface area contributed by atoms with E-state index in [-0.39, 0.29) is 5.54 Å². The van der Waals surface area contributed by atoms with E-state index in [2.05, 4.69) is 30.2 Å². The summed E-state index contributed by atoms with van der Waals surface area (Å²) < 4.78 is 5.52. The fourth-order valence-corrected chi connectivity index (χ4v) is 2.10. The molecular formula is C13H20N2O. The Balaban J connectivity index is 1.91. The molecule has 1 saturated heterocycles. The minimum atomic E-state index is 0.127. The van der Waals surface area contributed by atoms with Crippen LogP contribution in [-0.2, 0) is 11.3 Å². The molecule has 1 aliphatic rings. The Bertz CT molecular complexity index is 346. The van der Waals surface area contributed by atoms with Gasteiger partial charge in [-0.25, -0.2) is 0 Å². The molecule has 1 aromatic rings. The Morgan fingerprint density at radius 2 is 2.38 bits per heavy atom. The van der Waals surface area contributed by atoms with Crippen molar-refractivity contribution in [2.45, 2.75) is 38.8 Å². The van der Waals surface area contributed by atoms with Gasteiger partial charge in [0.05, 0.1) is 6.61 Å². The number of hydrogen-bond donors (Lipinski definition) is 1. The van der Waals surface area contributed by atoms with Crippen molar-refractivity contribution < 1.29 is 4.74 Å². The molecule has 1 aromatic heterocycles. The number of ether oxygens (including phenoxy) is 1. The van der Waals surface area contributed by atoms with Gasteiger partial charge in [0.15, 0.2) is 0 Å². The second kappa shape index (κ2) is 4.93. The van der Waals surface area contributed by atoms with Crippen molar-refractivity contribution in [3.8, 4) is 0 Å². The van der Waals surface area contributed by atoms with Crippen LogP contribution in [0.2, 0.25) is 0 Å². The van der Waals surface area contributed by atoms with Gasteiger partial charge in [-0.05, 0) is 37.8 Å². The number of rotatable bonds is 3. The SMILES string of the molecule is Cc1cncc(CNC2(C)CCCOC2)c1. The Morgan fingerprint density at radius 3 is 3.06 bits per heavy atom. The first-order valence-corrected chi connectivity index (χ1v) is 5.91. The minimum absolute atomic E-state index is 0.127. The van der Waals surface area contributed by atoms with Crippen LogP contribution in [0, 0.1) is 6.92 Å². The summed E-state index contributed by atoms with van der Waals surface area (Å²) in [5.41, 5.74) is 2.58. The Labute approximate surface area is 97.2 Å². The monoisotopic (exact) mass is 220 g/mol. The van der Waals surface area contributed by atoms with Crippen LogP contribution in [0.5, 0.6) is 0 Å². The number of hydrogen-bond acceptors (Lipinski definition) is 3. The maximum atomic E-state index is 5.52. The van der Waals surface area contributed by atoms with Crippen LogP contribution in [0.1, 0.15) is 30.9 Å². The molecule has 0 radical (unpaired) electrons. The summed E-state index contributed by atoms with van der Waals surface area (Å²) in [5.74, 6) is 0. The largest absolute Gasteiger partial charge is 0.380 e. The summed E-state index contributed by atoms with van der Waals surface area (Å²) in [6.07, 6.45) is 6.14. The van der Waals surface area contributed by atoms with Gasteiger partial charge in [0.25, 0.3) is 0 Å². The second-order valence-electron chi connectivity index (χ2n) is 4.94. The first-order chi connectivity index (χ1) is 7.68. The highest BCUT2D eigenvalue weighted by Crippen LogP contribution is 2.18. The van der Waals surface area contributed by atoms with Gasteiger partial charge in [-0.3, -0.25) is 4.98 Å². The van der Waals surface area contributed by atoms with E-state index in [1.54, 1.807) is 0 Å². The molecule has 0 amide bonds. The zero-order valence-electron chi connectivity index (χ0n) is 10.1. The predicted octanol–water partition coefficient (Wildman–Crippen LogP) is 2.05. The van der Waals surface area contributed by atoms with E-state index >= 15 is 0 Å². The minimum Gasteiger partial charge on any atom is -0.380 e.